The second-order valence-electron chi connectivity index (χ2n) is 5.20. The topological polar surface area (TPSA) is 87.7 Å². The number of hydrogen-bond donors (Lipinski definition) is 2. The summed E-state index contributed by atoms with van der Waals surface area (Å²) in [6.07, 6.45) is 3.19. The molecule has 0 saturated carbocycles. The molecule has 2 aromatic heterocycles. The highest BCUT2D eigenvalue weighted by molar-refractivity contribution is 9.11. The quantitative estimate of drug-likeness (QED) is 0.356. The first-order chi connectivity index (χ1) is 12.1. The highest BCUT2D eigenvalue weighted by atomic mass is 79.9. The minimum atomic E-state index is 0.149. The van der Waals surface area contributed by atoms with Crippen molar-refractivity contribution in [2.45, 2.75) is 0 Å². The molecule has 2 aromatic carbocycles. The maximum Gasteiger partial charge on any atom is 0.185 e. The van der Waals surface area contributed by atoms with E-state index in [1.54, 1.807) is 29.2 Å². The summed E-state index contributed by atoms with van der Waals surface area (Å²) in [4.78, 5) is 0. The van der Waals surface area contributed by atoms with Crippen LogP contribution in [0.4, 0.5) is 5.82 Å². The van der Waals surface area contributed by atoms with Crippen molar-refractivity contribution in [2.24, 2.45) is 5.10 Å². The Kier molecular flexibility index (Phi) is 4.10. The van der Waals surface area contributed by atoms with Crippen LogP contribution in [0.5, 0.6) is 5.75 Å². The van der Waals surface area contributed by atoms with Crippen LogP contribution in [0.2, 0.25) is 0 Å². The van der Waals surface area contributed by atoms with Gasteiger partial charge in [-0.1, -0.05) is 24.3 Å². The van der Waals surface area contributed by atoms with Crippen LogP contribution < -0.4 is 5.43 Å². The average molecular weight is 462 g/mol. The van der Waals surface area contributed by atoms with Crippen molar-refractivity contribution in [2.75, 3.05) is 5.43 Å². The monoisotopic (exact) mass is 460 g/mol. The van der Waals surface area contributed by atoms with Gasteiger partial charge in [-0.05, 0) is 49.6 Å². The van der Waals surface area contributed by atoms with E-state index < -0.39 is 0 Å². The maximum absolute atomic E-state index is 9.75. The third-order valence-corrected chi connectivity index (χ3v) is 4.79. The normalized spacial score (nSPS) is 11.6. The second-order valence-corrected chi connectivity index (χ2v) is 6.91. The van der Waals surface area contributed by atoms with E-state index in [0.29, 0.717) is 20.4 Å². The van der Waals surface area contributed by atoms with Crippen LogP contribution in [0.15, 0.2) is 56.8 Å². The first kappa shape index (κ1) is 16.0. The predicted molar refractivity (Wildman–Crippen MR) is 103 cm³/mol. The molecule has 0 aliphatic heterocycles. The molecule has 0 bridgehead atoms. The van der Waals surface area contributed by atoms with Crippen LogP contribution in [0.3, 0.4) is 0 Å². The van der Waals surface area contributed by atoms with E-state index >= 15 is 0 Å². The molecule has 0 aliphatic carbocycles. The Morgan fingerprint density at radius 2 is 1.84 bits per heavy atom. The van der Waals surface area contributed by atoms with Crippen LogP contribution in [0.1, 0.15) is 5.56 Å². The Hall–Kier alpha value is -2.52. The SMILES string of the molecule is Oc1c(Br)cc(/C=N\Nc2nn3cnnc3c3ccccc23)cc1Br. The molecule has 25 heavy (non-hydrogen) atoms. The summed E-state index contributed by atoms with van der Waals surface area (Å²) in [7, 11) is 0. The number of phenols is 1. The molecule has 0 atom stereocenters. The molecule has 9 heteroatoms. The number of rotatable bonds is 3. The van der Waals surface area contributed by atoms with Gasteiger partial charge in [0.25, 0.3) is 0 Å². The molecule has 0 amide bonds. The standard InChI is InChI=1S/C16H10Br2N6O/c17-12-5-9(6-13(18)14(12)25)7-19-21-15-10-3-1-2-4-11(10)16-22-20-8-24(16)23-15/h1-8,25H,(H,21,23)/b19-7-. The van der Waals surface area contributed by atoms with Gasteiger partial charge >= 0.3 is 0 Å². The first-order valence-electron chi connectivity index (χ1n) is 7.19. The summed E-state index contributed by atoms with van der Waals surface area (Å²) >= 11 is 6.59. The lowest BCUT2D eigenvalue weighted by molar-refractivity contribution is 0.468. The summed E-state index contributed by atoms with van der Waals surface area (Å²) in [5.41, 5.74) is 4.46. The molecule has 0 saturated heterocycles. The number of fused-ring (bicyclic) bond motifs is 3. The fourth-order valence-electron chi connectivity index (χ4n) is 2.44. The molecule has 2 heterocycles. The van der Waals surface area contributed by atoms with Crippen molar-refractivity contribution in [3.05, 3.63) is 57.2 Å². The van der Waals surface area contributed by atoms with Gasteiger partial charge in [0, 0.05) is 10.8 Å². The number of aromatic hydroxyl groups is 1. The van der Waals surface area contributed by atoms with Crippen LogP contribution in [0.25, 0.3) is 16.4 Å². The van der Waals surface area contributed by atoms with E-state index in [2.05, 4.69) is 57.7 Å². The summed E-state index contributed by atoms with van der Waals surface area (Å²) in [6, 6.07) is 11.3. The average Bonchev–Trinajstić information content (AvgIpc) is 3.08. The van der Waals surface area contributed by atoms with Gasteiger partial charge in [-0.15, -0.1) is 15.3 Å². The number of anilines is 1. The van der Waals surface area contributed by atoms with Crippen molar-refractivity contribution < 1.29 is 5.11 Å². The predicted octanol–water partition coefficient (Wildman–Crippen LogP) is 3.95. The first-order valence-corrected chi connectivity index (χ1v) is 8.78. The molecule has 0 unspecified atom stereocenters. The second kappa shape index (κ2) is 6.41. The van der Waals surface area contributed by atoms with Crippen LogP contribution in [0, 0.1) is 0 Å². The molecule has 0 aliphatic rings. The number of benzene rings is 2. The number of hydrazone groups is 1. The third-order valence-electron chi connectivity index (χ3n) is 3.58. The molecular formula is C16H10Br2N6O. The summed E-state index contributed by atoms with van der Waals surface area (Å²) < 4.78 is 2.77. The van der Waals surface area contributed by atoms with Gasteiger partial charge in [0.15, 0.2) is 11.5 Å². The summed E-state index contributed by atoms with van der Waals surface area (Å²) in [5, 5.41) is 28.3. The van der Waals surface area contributed by atoms with E-state index in [1.165, 1.54) is 0 Å². The number of nitrogens with one attached hydrogen (secondary N) is 1. The zero-order chi connectivity index (χ0) is 17.4. The Bertz CT molecular complexity index is 1100. The van der Waals surface area contributed by atoms with Gasteiger partial charge in [0.1, 0.15) is 12.1 Å². The van der Waals surface area contributed by atoms with Crippen LogP contribution >= 0.6 is 31.9 Å². The third kappa shape index (κ3) is 2.96. The van der Waals surface area contributed by atoms with Crippen molar-refractivity contribution in [3.63, 3.8) is 0 Å². The van der Waals surface area contributed by atoms with E-state index in [1.807, 2.05) is 24.3 Å². The molecule has 2 N–H and O–H groups in total. The molecule has 0 fully saturated rings. The van der Waals surface area contributed by atoms with Gasteiger partial charge in [-0.3, -0.25) is 5.43 Å². The minimum Gasteiger partial charge on any atom is -0.506 e. The van der Waals surface area contributed by atoms with Gasteiger partial charge < -0.3 is 5.11 Å². The zero-order valence-electron chi connectivity index (χ0n) is 12.6. The number of hydrogen-bond acceptors (Lipinski definition) is 6. The number of aromatic nitrogens is 4. The molecule has 124 valence electrons. The molecule has 4 aromatic rings. The highest BCUT2D eigenvalue weighted by Crippen LogP contribution is 2.32. The van der Waals surface area contributed by atoms with E-state index in [4.69, 9.17) is 0 Å². The Balaban J connectivity index is 1.70. The zero-order valence-corrected chi connectivity index (χ0v) is 15.7. The number of nitrogens with zero attached hydrogens (tertiary/aromatic N) is 5. The van der Waals surface area contributed by atoms with Gasteiger partial charge in [-0.25, -0.2) is 0 Å². The van der Waals surface area contributed by atoms with E-state index in [0.717, 1.165) is 16.3 Å². The van der Waals surface area contributed by atoms with E-state index in [-0.39, 0.29) is 5.75 Å². The fourth-order valence-corrected chi connectivity index (χ4v) is 3.66. The largest absolute Gasteiger partial charge is 0.506 e. The molecule has 4 rings (SSSR count). The van der Waals surface area contributed by atoms with Gasteiger partial charge in [0.2, 0.25) is 0 Å². The minimum absolute atomic E-state index is 0.149. The molecule has 0 spiro atoms. The summed E-state index contributed by atoms with van der Waals surface area (Å²) in [6.45, 7) is 0. The number of halogens is 2. The van der Waals surface area contributed by atoms with Gasteiger partial charge in [0.05, 0.1) is 15.2 Å². The van der Waals surface area contributed by atoms with Crippen molar-refractivity contribution in [1.29, 1.82) is 0 Å². The van der Waals surface area contributed by atoms with Crippen molar-refractivity contribution in [3.8, 4) is 5.75 Å². The van der Waals surface area contributed by atoms with Crippen LogP contribution in [-0.2, 0) is 0 Å². The molecule has 0 radical (unpaired) electrons. The Morgan fingerprint density at radius 3 is 2.60 bits per heavy atom. The lowest BCUT2D eigenvalue weighted by Crippen LogP contribution is -2.00. The van der Waals surface area contributed by atoms with E-state index in [9.17, 15) is 5.11 Å². The van der Waals surface area contributed by atoms with Crippen molar-refractivity contribution >= 4 is 60.3 Å². The summed E-state index contributed by atoms with van der Waals surface area (Å²) in [5.74, 6) is 0.742. The van der Waals surface area contributed by atoms with Crippen LogP contribution in [-0.4, -0.2) is 31.1 Å². The molecule has 7 nitrogen and oxygen atoms in total. The lowest BCUT2D eigenvalue weighted by Gasteiger charge is -2.06. The molecular weight excluding hydrogens is 452 g/mol. The fraction of sp³-hybridized carbons (Fsp3) is 0. The lowest BCUT2D eigenvalue weighted by atomic mass is 10.2. The maximum atomic E-state index is 9.75. The Morgan fingerprint density at radius 1 is 1.12 bits per heavy atom. The van der Waals surface area contributed by atoms with Gasteiger partial charge in [-0.2, -0.15) is 9.62 Å². The number of phenolic OH excluding ortho intramolecular Hbond substituents is 1. The highest BCUT2D eigenvalue weighted by Gasteiger charge is 2.09. The van der Waals surface area contributed by atoms with Crippen molar-refractivity contribution in [1.82, 2.24) is 19.8 Å². The smallest absolute Gasteiger partial charge is 0.185 e. The Labute approximate surface area is 158 Å².